The molecule has 0 spiro atoms. The molecule has 1 aromatic heterocycles. The Morgan fingerprint density at radius 2 is 1.88 bits per heavy atom. The first-order chi connectivity index (χ1) is 11.8. The Morgan fingerprint density at radius 1 is 1.12 bits per heavy atom. The maximum Gasteiger partial charge on any atom is 0.352 e. The Bertz CT molecular complexity index is 994. The lowest BCUT2D eigenvalue weighted by atomic mass is 10.0. The van der Waals surface area contributed by atoms with Crippen LogP contribution in [0.25, 0.3) is 10.9 Å². The number of ether oxygens (including phenoxy) is 1. The van der Waals surface area contributed by atoms with Gasteiger partial charge in [-0.2, -0.15) is 0 Å². The molecule has 0 fully saturated rings. The van der Waals surface area contributed by atoms with E-state index in [4.69, 9.17) is 27.9 Å². The molecule has 2 aromatic carbocycles. The lowest BCUT2D eigenvalue weighted by Gasteiger charge is -2.06. The fourth-order valence-corrected chi connectivity index (χ4v) is 3.00. The van der Waals surface area contributed by atoms with Crippen LogP contribution in [0, 0.1) is 0 Å². The Kier molecular flexibility index (Phi) is 4.70. The van der Waals surface area contributed by atoms with E-state index in [1.54, 1.807) is 36.4 Å². The number of aromatic nitrogens is 1. The van der Waals surface area contributed by atoms with Crippen LogP contribution in [0.5, 0.6) is 5.75 Å². The van der Waals surface area contributed by atoms with Crippen molar-refractivity contribution in [2.75, 3.05) is 0 Å². The first-order valence-corrected chi connectivity index (χ1v) is 8.11. The largest absolute Gasteiger partial charge is 0.477 e. The number of benzene rings is 2. The molecule has 1 heterocycles. The zero-order valence-electron chi connectivity index (χ0n) is 13.1. The van der Waals surface area contributed by atoms with E-state index in [9.17, 15) is 14.7 Å². The number of rotatable bonds is 4. The van der Waals surface area contributed by atoms with Crippen molar-refractivity contribution >= 4 is 46.0 Å². The average molecular weight is 378 g/mol. The summed E-state index contributed by atoms with van der Waals surface area (Å²) in [6.07, 6.45) is 0.335. The van der Waals surface area contributed by atoms with Crippen LogP contribution in [-0.4, -0.2) is 22.0 Å². The number of esters is 1. The SMILES string of the molecule is CC(=O)Oc1ccc2[nH]c(C(=O)O)c(Cc3ccc(Cl)c(Cl)c3)c2c1. The van der Waals surface area contributed by atoms with E-state index >= 15 is 0 Å². The van der Waals surface area contributed by atoms with Gasteiger partial charge in [-0.05, 0) is 41.5 Å². The van der Waals surface area contributed by atoms with Crippen molar-refractivity contribution in [3.05, 3.63) is 63.3 Å². The van der Waals surface area contributed by atoms with Crippen LogP contribution in [0.3, 0.4) is 0 Å². The number of hydrogen-bond donors (Lipinski definition) is 2. The molecule has 0 aliphatic heterocycles. The van der Waals surface area contributed by atoms with Crippen LogP contribution in [-0.2, 0) is 11.2 Å². The number of carbonyl (C=O) groups is 2. The number of carboxylic acids is 1. The molecular weight excluding hydrogens is 365 g/mol. The molecule has 25 heavy (non-hydrogen) atoms. The summed E-state index contributed by atoms with van der Waals surface area (Å²) < 4.78 is 5.09. The number of fused-ring (bicyclic) bond motifs is 1. The van der Waals surface area contributed by atoms with Crippen molar-refractivity contribution < 1.29 is 19.4 Å². The zero-order chi connectivity index (χ0) is 18.1. The van der Waals surface area contributed by atoms with Gasteiger partial charge in [0.25, 0.3) is 0 Å². The van der Waals surface area contributed by atoms with Crippen LogP contribution in [0.1, 0.15) is 28.5 Å². The molecule has 3 aromatic rings. The van der Waals surface area contributed by atoms with E-state index in [1.165, 1.54) is 6.92 Å². The second-order valence-corrected chi connectivity index (χ2v) is 6.32. The van der Waals surface area contributed by atoms with Gasteiger partial charge in [-0.3, -0.25) is 4.79 Å². The maximum absolute atomic E-state index is 11.6. The molecule has 0 aliphatic rings. The Labute approximate surface area is 153 Å². The molecule has 0 atom stereocenters. The van der Waals surface area contributed by atoms with Crippen molar-refractivity contribution in [3.8, 4) is 5.75 Å². The Balaban J connectivity index is 2.12. The molecule has 0 unspecified atom stereocenters. The summed E-state index contributed by atoms with van der Waals surface area (Å²) in [5, 5.41) is 11.0. The quantitative estimate of drug-likeness (QED) is 0.510. The Morgan fingerprint density at radius 3 is 2.52 bits per heavy atom. The first-order valence-electron chi connectivity index (χ1n) is 7.35. The number of nitrogens with one attached hydrogen (secondary N) is 1. The van der Waals surface area contributed by atoms with E-state index in [2.05, 4.69) is 4.98 Å². The molecule has 0 aliphatic carbocycles. The summed E-state index contributed by atoms with van der Waals surface area (Å²) in [5.41, 5.74) is 2.12. The minimum atomic E-state index is -1.07. The maximum atomic E-state index is 11.6. The third-order valence-electron chi connectivity index (χ3n) is 3.72. The minimum absolute atomic E-state index is 0.0843. The molecule has 0 saturated carbocycles. The molecule has 0 bridgehead atoms. The number of carbonyl (C=O) groups excluding carboxylic acids is 1. The van der Waals surface area contributed by atoms with Gasteiger partial charge < -0.3 is 14.8 Å². The average Bonchev–Trinajstić information content (AvgIpc) is 2.89. The summed E-state index contributed by atoms with van der Waals surface area (Å²) in [6.45, 7) is 1.31. The van der Waals surface area contributed by atoms with Gasteiger partial charge in [0.05, 0.1) is 10.0 Å². The van der Waals surface area contributed by atoms with Crippen LogP contribution < -0.4 is 4.74 Å². The lowest BCUT2D eigenvalue weighted by molar-refractivity contribution is -0.131. The summed E-state index contributed by atoms with van der Waals surface area (Å²) in [5.74, 6) is -1.16. The number of halogens is 2. The zero-order valence-corrected chi connectivity index (χ0v) is 14.6. The monoisotopic (exact) mass is 377 g/mol. The van der Waals surface area contributed by atoms with Gasteiger partial charge in [0.1, 0.15) is 11.4 Å². The van der Waals surface area contributed by atoms with Gasteiger partial charge in [-0.25, -0.2) is 4.79 Å². The standard InChI is InChI=1S/C18H13Cl2NO4/c1-9(22)25-11-3-5-16-12(8-11)13(17(21-16)18(23)24)6-10-2-4-14(19)15(20)7-10/h2-5,7-8,21H,6H2,1H3,(H,23,24). The highest BCUT2D eigenvalue weighted by molar-refractivity contribution is 6.42. The van der Waals surface area contributed by atoms with Gasteiger partial charge in [-0.15, -0.1) is 0 Å². The van der Waals surface area contributed by atoms with Crippen molar-refractivity contribution in [3.63, 3.8) is 0 Å². The third kappa shape index (κ3) is 3.62. The van der Waals surface area contributed by atoms with Crippen LogP contribution >= 0.6 is 23.2 Å². The molecule has 2 N–H and O–H groups in total. The fraction of sp³-hybridized carbons (Fsp3) is 0.111. The van der Waals surface area contributed by atoms with E-state index in [1.807, 2.05) is 0 Å². The predicted octanol–water partition coefficient (Wildman–Crippen LogP) is 4.69. The van der Waals surface area contributed by atoms with Gasteiger partial charge in [-0.1, -0.05) is 29.3 Å². The van der Waals surface area contributed by atoms with Gasteiger partial charge in [0.2, 0.25) is 0 Å². The number of carboxylic acid groups (broad SMARTS) is 1. The molecular formula is C18H13Cl2NO4. The van der Waals surface area contributed by atoms with Gasteiger partial charge in [0, 0.05) is 24.2 Å². The predicted molar refractivity (Wildman–Crippen MR) is 95.8 cm³/mol. The van der Waals surface area contributed by atoms with Crippen LogP contribution in [0.2, 0.25) is 10.0 Å². The molecule has 0 radical (unpaired) electrons. The van der Waals surface area contributed by atoms with Crippen molar-refractivity contribution in [1.29, 1.82) is 0 Å². The molecule has 0 saturated heterocycles. The summed E-state index contributed by atoms with van der Waals surface area (Å²) in [7, 11) is 0. The van der Waals surface area contributed by atoms with Crippen molar-refractivity contribution in [2.45, 2.75) is 13.3 Å². The fourth-order valence-electron chi connectivity index (χ4n) is 2.68. The second kappa shape index (κ2) is 6.78. The highest BCUT2D eigenvalue weighted by Crippen LogP contribution is 2.30. The minimum Gasteiger partial charge on any atom is -0.477 e. The van der Waals surface area contributed by atoms with E-state index < -0.39 is 11.9 Å². The number of H-pyrrole nitrogens is 1. The van der Waals surface area contributed by atoms with Crippen LogP contribution in [0.4, 0.5) is 0 Å². The summed E-state index contributed by atoms with van der Waals surface area (Å²) in [4.78, 5) is 25.6. The summed E-state index contributed by atoms with van der Waals surface area (Å²) in [6, 6.07) is 10.1. The Hall–Kier alpha value is -2.50. The van der Waals surface area contributed by atoms with Crippen molar-refractivity contribution in [2.24, 2.45) is 0 Å². The molecule has 5 nitrogen and oxygen atoms in total. The van der Waals surface area contributed by atoms with Gasteiger partial charge in [0.15, 0.2) is 0 Å². The smallest absolute Gasteiger partial charge is 0.352 e. The lowest BCUT2D eigenvalue weighted by Crippen LogP contribution is -2.02. The van der Waals surface area contributed by atoms with E-state index in [-0.39, 0.29) is 5.69 Å². The normalized spacial score (nSPS) is 10.8. The summed E-state index contributed by atoms with van der Waals surface area (Å²) >= 11 is 12.0. The van der Waals surface area contributed by atoms with E-state index in [0.29, 0.717) is 38.7 Å². The van der Waals surface area contributed by atoms with E-state index in [0.717, 1.165) is 5.56 Å². The molecule has 7 heteroatoms. The number of aromatic amines is 1. The topological polar surface area (TPSA) is 79.4 Å². The third-order valence-corrected chi connectivity index (χ3v) is 4.46. The molecule has 3 rings (SSSR count). The van der Waals surface area contributed by atoms with Crippen molar-refractivity contribution in [1.82, 2.24) is 4.98 Å². The molecule has 128 valence electrons. The highest BCUT2D eigenvalue weighted by Gasteiger charge is 2.18. The molecule has 0 amide bonds. The van der Waals surface area contributed by atoms with Crippen LogP contribution in [0.15, 0.2) is 36.4 Å². The highest BCUT2D eigenvalue weighted by atomic mass is 35.5. The van der Waals surface area contributed by atoms with Gasteiger partial charge >= 0.3 is 11.9 Å². The second-order valence-electron chi connectivity index (χ2n) is 5.51. The number of hydrogen-bond acceptors (Lipinski definition) is 3. The number of aromatic carboxylic acids is 1. The first kappa shape index (κ1) is 17.3.